The van der Waals surface area contributed by atoms with E-state index in [4.69, 9.17) is 8.84 Å². The lowest BCUT2D eigenvalue weighted by Crippen LogP contribution is -2.47. The number of carbonyl (C=O) groups excluding carboxylic acids is 1. The summed E-state index contributed by atoms with van der Waals surface area (Å²) in [7, 11) is 0.0714. The number of hydrogen-bond donors (Lipinski definition) is 1. The Kier molecular flexibility index (Phi) is 7.11. The Labute approximate surface area is 230 Å². The Balaban J connectivity index is 1.36. The van der Waals surface area contributed by atoms with Crippen LogP contribution in [0.5, 0.6) is 0 Å². The lowest BCUT2D eigenvalue weighted by Gasteiger charge is -2.42. The number of piperidine rings is 1. The Bertz CT molecular complexity index is 1490. The highest BCUT2D eigenvalue weighted by Gasteiger charge is 2.39. The van der Waals surface area contributed by atoms with E-state index < -0.39 is 8.32 Å². The molecule has 5 rings (SSSR count). The first-order valence-electron chi connectivity index (χ1n) is 13.5. The van der Waals surface area contributed by atoms with Crippen molar-refractivity contribution in [1.82, 2.24) is 19.7 Å². The summed E-state index contributed by atoms with van der Waals surface area (Å²) in [5.74, 6) is 0.0637. The van der Waals surface area contributed by atoms with Crippen molar-refractivity contribution in [3.8, 4) is 11.5 Å². The number of fused-ring (bicyclic) bond motifs is 1. The number of nitrogens with one attached hydrogen (secondary N) is 1. The first-order valence-corrected chi connectivity index (χ1v) is 16.4. The Morgan fingerprint density at radius 1 is 1.18 bits per heavy atom. The van der Waals surface area contributed by atoms with Crippen LogP contribution in [-0.4, -0.2) is 53.2 Å². The molecule has 0 spiro atoms. The fourth-order valence-corrected chi connectivity index (χ4v) is 6.15. The fourth-order valence-electron chi connectivity index (χ4n) is 4.73. The molecule has 1 fully saturated rings. The number of nitrogens with zero attached hydrogens (tertiary/aromatic N) is 5. The summed E-state index contributed by atoms with van der Waals surface area (Å²) in [4.78, 5) is 24.3. The average molecular weight is 547 g/mol. The molecule has 10 heteroatoms. The van der Waals surface area contributed by atoms with Gasteiger partial charge in [-0.05, 0) is 62.2 Å². The first-order chi connectivity index (χ1) is 18.4. The number of benzene rings is 1. The Morgan fingerprint density at radius 3 is 2.62 bits per heavy atom. The van der Waals surface area contributed by atoms with Crippen LogP contribution in [0.15, 0.2) is 47.3 Å². The largest absolute Gasteiger partial charge is 0.444 e. The normalized spacial score (nSPS) is 15.2. The molecule has 1 aliphatic heterocycles. The number of anilines is 2. The smallest absolute Gasteiger partial charge is 0.277 e. The van der Waals surface area contributed by atoms with Crippen molar-refractivity contribution >= 4 is 36.5 Å². The number of carbonyl (C=O) groups is 1. The summed E-state index contributed by atoms with van der Waals surface area (Å²) in [6.45, 7) is 15.1. The number of amides is 1. The highest BCUT2D eigenvalue weighted by molar-refractivity contribution is 6.74. The zero-order chi connectivity index (χ0) is 27.9. The molecule has 9 nitrogen and oxygen atoms in total. The van der Waals surface area contributed by atoms with Crippen LogP contribution in [0.25, 0.3) is 22.4 Å². The quantitative estimate of drug-likeness (QED) is 0.289. The van der Waals surface area contributed by atoms with Gasteiger partial charge in [0.1, 0.15) is 6.26 Å². The van der Waals surface area contributed by atoms with Crippen LogP contribution in [0.4, 0.5) is 11.4 Å². The van der Waals surface area contributed by atoms with Crippen molar-refractivity contribution in [2.45, 2.75) is 64.8 Å². The molecule has 4 heterocycles. The standard InChI is InChI=1S/C29H38N6O3Si/c1-19-14-20(8-11-30-19)28-32-25(18-37-28)27(36)31-24-15-21-17-34(5)33-23(21)16-26(24)35-12-9-22(10-13-35)38-39(6,7)29(2,3)4/h8,11,14-18,22H,9-10,12-13H2,1-7H3,(H,31,36). The molecule has 0 saturated carbocycles. The molecule has 1 aliphatic rings. The van der Waals surface area contributed by atoms with Gasteiger partial charge in [-0.3, -0.25) is 14.5 Å². The number of hydrogen-bond acceptors (Lipinski definition) is 7. The van der Waals surface area contributed by atoms with E-state index >= 15 is 0 Å². The SMILES string of the molecule is Cc1cc(-c2nc(C(=O)Nc3cc4cn(C)nc4cc3N3CCC(O[Si](C)(C)C(C)(C)C)CC3)co2)ccn1. The summed E-state index contributed by atoms with van der Waals surface area (Å²) in [5.41, 5.74) is 4.42. The number of aryl methyl sites for hydroxylation is 2. The second-order valence-electron chi connectivity index (χ2n) is 12.0. The van der Waals surface area contributed by atoms with Crippen molar-refractivity contribution in [2.24, 2.45) is 7.05 Å². The maximum atomic E-state index is 13.3. The Morgan fingerprint density at radius 2 is 1.92 bits per heavy atom. The first kappa shape index (κ1) is 27.1. The number of rotatable bonds is 6. The molecule has 1 saturated heterocycles. The predicted octanol–water partition coefficient (Wildman–Crippen LogP) is 6.17. The minimum atomic E-state index is -1.83. The summed E-state index contributed by atoms with van der Waals surface area (Å²) in [6, 6.07) is 7.74. The second kappa shape index (κ2) is 10.2. The van der Waals surface area contributed by atoms with Crippen LogP contribution in [0.3, 0.4) is 0 Å². The predicted molar refractivity (Wildman–Crippen MR) is 157 cm³/mol. The van der Waals surface area contributed by atoms with E-state index in [1.807, 2.05) is 38.4 Å². The van der Waals surface area contributed by atoms with Crippen LogP contribution in [0.2, 0.25) is 18.1 Å². The molecule has 0 unspecified atom stereocenters. The number of aromatic nitrogens is 4. The van der Waals surface area contributed by atoms with E-state index in [1.165, 1.54) is 6.26 Å². The third-order valence-corrected chi connectivity index (χ3v) is 12.5. The van der Waals surface area contributed by atoms with Crippen molar-refractivity contribution in [2.75, 3.05) is 23.3 Å². The summed E-state index contributed by atoms with van der Waals surface area (Å²) < 4.78 is 14.1. The van der Waals surface area contributed by atoms with Crippen LogP contribution in [0.1, 0.15) is 49.8 Å². The van der Waals surface area contributed by atoms with Crippen molar-refractivity contribution < 1.29 is 13.6 Å². The monoisotopic (exact) mass is 546 g/mol. The molecular formula is C29H38N6O3Si. The number of oxazole rings is 1. The minimum Gasteiger partial charge on any atom is -0.444 e. The van der Waals surface area contributed by atoms with E-state index in [9.17, 15) is 4.79 Å². The van der Waals surface area contributed by atoms with Gasteiger partial charge in [0.2, 0.25) is 5.89 Å². The van der Waals surface area contributed by atoms with Gasteiger partial charge >= 0.3 is 0 Å². The molecule has 0 atom stereocenters. The molecule has 1 amide bonds. The summed E-state index contributed by atoms with van der Waals surface area (Å²) >= 11 is 0. The van der Waals surface area contributed by atoms with Crippen LogP contribution in [0, 0.1) is 6.92 Å². The van der Waals surface area contributed by atoms with Crippen LogP contribution >= 0.6 is 0 Å². The highest BCUT2D eigenvalue weighted by Crippen LogP contribution is 2.39. The lowest BCUT2D eigenvalue weighted by molar-refractivity contribution is 0.102. The van der Waals surface area contributed by atoms with E-state index in [1.54, 1.807) is 10.9 Å². The molecule has 4 aromatic rings. The third-order valence-electron chi connectivity index (χ3n) is 7.92. The zero-order valence-corrected chi connectivity index (χ0v) is 24.9. The molecule has 39 heavy (non-hydrogen) atoms. The van der Waals surface area contributed by atoms with Gasteiger partial charge in [-0.15, -0.1) is 0 Å². The van der Waals surface area contributed by atoms with Gasteiger partial charge in [-0.25, -0.2) is 4.98 Å². The van der Waals surface area contributed by atoms with Gasteiger partial charge in [-0.1, -0.05) is 20.8 Å². The topological polar surface area (TPSA) is 98.3 Å². The van der Waals surface area contributed by atoms with Crippen molar-refractivity contribution in [1.29, 1.82) is 0 Å². The molecular weight excluding hydrogens is 508 g/mol. The zero-order valence-electron chi connectivity index (χ0n) is 23.9. The molecule has 0 radical (unpaired) electrons. The molecule has 0 bridgehead atoms. The minimum absolute atomic E-state index is 0.183. The number of pyridine rings is 1. The maximum Gasteiger partial charge on any atom is 0.277 e. The summed E-state index contributed by atoms with van der Waals surface area (Å²) in [5, 5.41) is 8.84. The van der Waals surface area contributed by atoms with Crippen molar-refractivity contribution in [3.63, 3.8) is 0 Å². The molecule has 206 valence electrons. The van der Waals surface area contributed by atoms with Gasteiger partial charge in [0.15, 0.2) is 14.0 Å². The van der Waals surface area contributed by atoms with Gasteiger partial charge in [0.05, 0.1) is 16.9 Å². The van der Waals surface area contributed by atoms with Crippen LogP contribution < -0.4 is 10.2 Å². The molecule has 3 aromatic heterocycles. The average Bonchev–Trinajstić information content (AvgIpc) is 3.49. The molecule has 1 N–H and O–H groups in total. The Hall–Kier alpha value is -3.50. The molecule has 0 aliphatic carbocycles. The third kappa shape index (κ3) is 5.76. The van der Waals surface area contributed by atoms with Gasteiger partial charge in [0.25, 0.3) is 5.91 Å². The molecule has 1 aromatic carbocycles. The van der Waals surface area contributed by atoms with Gasteiger partial charge in [0, 0.05) is 55.3 Å². The fraction of sp³-hybridized carbons (Fsp3) is 0.448. The lowest BCUT2D eigenvalue weighted by atomic mass is 10.1. The van der Waals surface area contributed by atoms with E-state index in [0.717, 1.165) is 59.5 Å². The van der Waals surface area contributed by atoms with E-state index in [2.05, 4.69) is 65.2 Å². The van der Waals surface area contributed by atoms with Crippen LogP contribution in [-0.2, 0) is 11.5 Å². The highest BCUT2D eigenvalue weighted by atomic mass is 28.4. The van der Waals surface area contributed by atoms with E-state index in [0.29, 0.717) is 5.89 Å². The van der Waals surface area contributed by atoms with E-state index in [-0.39, 0.29) is 22.7 Å². The van der Waals surface area contributed by atoms with Gasteiger partial charge < -0.3 is 19.1 Å². The van der Waals surface area contributed by atoms with Gasteiger partial charge in [-0.2, -0.15) is 5.10 Å². The van der Waals surface area contributed by atoms with Crippen molar-refractivity contribution in [3.05, 3.63) is 54.3 Å². The maximum absolute atomic E-state index is 13.3. The second-order valence-corrected chi connectivity index (χ2v) is 16.7. The summed E-state index contributed by atoms with van der Waals surface area (Å²) in [6.07, 6.45) is 7.19.